The summed E-state index contributed by atoms with van der Waals surface area (Å²) in [5.74, 6) is -0.528. The molecule has 180 valence electrons. The van der Waals surface area contributed by atoms with Crippen LogP contribution in [0.15, 0.2) is 61.1 Å². The van der Waals surface area contributed by atoms with Crippen molar-refractivity contribution in [3.63, 3.8) is 0 Å². The number of carbonyl (C=O) groups is 1. The van der Waals surface area contributed by atoms with Gasteiger partial charge in [-0.25, -0.2) is 18.7 Å². The predicted molar refractivity (Wildman–Crippen MR) is 126 cm³/mol. The molecule has 2 aromatic heterocycles. The van der Waals surface area contributed by atoms with Gasteiger partial charge >= 0.3 is 0 Å². The lowest BCUT2D eigenvalue weighted by Gasteiger charge is -2.12. The van der Waals surface area contributed by atoms with Gasteiger partial charge in [-0.3, -0.25) is 4.79 Å². The van der Waals surface area contributed by atoms with Crippen molar-refractivity contribution in [3.05, 3.63) is 89.6 Å². The van der Waals surface area contributed by atoms with Crippen molar-refractivity contribution < 1.29 is 13.6 Å². The summed E-state index contributed by atoms with van der Waals surface area (Å²) in [6.07, 6.45) is 3.11. The molecule has 1 amide bonds. The molecule has 2 aromatic carbocycles. The highest BCUT2D eigenvalue weighted by Gasteiger charge is 2.15. The maximum Gasteiger partial charge on any atom is 0.251 e. The van der Waals surface area contributed by atoms with Gasteiger partial charge in [-0.1, -0.05) is 12.1 Å². The van der Waals surface area contributed by atoms with Crippen LogP contribution in [0.2, 0.25) is 0 Å². The summed E-state index contributed by atoms with van der Waals surface area (Å²) in [6.45, 7) is 1.44. The molecular weight excluding hydrogens is 454 g/mol. The molecule has 0 aliphatic carbocycles. The van der Waals surface area contributed by atoms with Crippen molar-refractivity contribution in [1.29, 1.82) is 0 Å². The molecule has 2 heterocycles. The van der Waals surface area contributed by atoms with Crippen molar-refractivity contribution in [2.45, 2.75) is 19.6 Å². The molecular formula is C24H24F2N8O. The third kappa shape index (κ3) is 5.82. The van der Waals surface area contributed by atoms with Crippen molar-refractivity contribution in [2.24, 2.45) is 0 Å². The Kier molecular flexibility index (Phi) is 7.68. The van der Waals surface area contributed by atoms with Gasteiger partial charge in [-0.05, 0) is 43.4 Å². The molecule has 35 heavy (non-hydrogen) atoms. The van der Waals surface area contributed by atoms with Gasteiger partial charge in [0.1, 0.15) is 23.7 Å². The van der Waals surface area contributed by atoms with Gasteiger partial charge < -0.3 is 20.5 Å². The van der Waals surface area contributed by atoms with Crippen LogP contribution in [0.5, 0.6) is 0 Å². The third-order valence-corrected chi connectivity index (χ3v) is 5.29. The molecule has 0 atom stereocenters. The van der Waals surface area contributed by atoms with E-state index in [1.807, 2.05) is 17.7 Å². The van der Waals surface area contributed by atoms with Crippen molar-refractivity contribution in [2.75, 3.05) is 18.9 Å². The second-order valence-electron chi connectivity index (χ2n) is 7.61. The molecule has 0 radical (unpaired) electrons. The number of rotatable bonds is 10. The molecule has 4 rings (SSSR count). The molecule has 0 spiro atoms. The number of carbonyl (C=O) groups excluding carboxylic acids is 1. The molecule has 4 aromatic rings. The average molecular weight is 479 g/mol. The Labute approximate surface area is 200 Å². The van der Waals surface area contributed by atoms with Crippen LogP contribution < -0.4 is 16.0 Å². The van der Waals surface area contributed by atoms with Crippen LogP contribution in [-0.4, -0.2) is 44.2 Å². The average Bonchev–Trinajstić information content (AvgIpc) is 3.29. The van der Waals surface area contributed by atoms with Gasteiger partial charge in [0.25, 0.3) is 5.91 Å². The SMILES string of the molecule is CNCCn1c(CNc2cccc(C(=O)NCc3c(F)cccc3F)c2)nnc1-c1ccncn1. The van der Waals surface area contributed by atoms with Gasteiger partial charge in [0.05, 0.1) is 6.54 Å². The van der Waals surface area contributed by atoms with Crippen LogP contribution in [0.25, 0.3) is 11.5 Å². The first-order valence-electron chi connectivity index (χ1n) is 10.9. The third-order valence-electron chi connectivity index (χ3n) is 5.29. The fourth-order valence-electron chi connectivity index (χ4n) is 3.46. The standard InChI is InChI=1S/C24H24F2N8O/c1-27-10-11-34-22(32-33-23(34)21-8-9-28-15-31-21)14-29-17-5-2-4-16(12-17)24(35)30-13-18-19(25)6-3-7-20(18)26/h2-9,12,15,27,29H,10-11,13-14H2,1H3,(H,30,35). The van der Waals surface area contributed by atoms with Gasteiger partial charge in [0.2, 0.25) is 0 Å². The lowest BCUT2D eigenvalue weighted by Crippen LogP contribution is -2.24. The number of nitrogens with one attached hydrogen (secondary N) is 3. The van der Waals surface area contributed by atoms with Crippen LogP contribution in [-0.2, 0) is 19.6 Å². The number of likely N-dealkylation sites (N-methyl/N-ethyl adjacent to an activating group) is 1. The number of hydrogen-bond acceptors (Lipinski definition) is 7. The Hall–Kier alpha value is -4.25. The summed E-state index contributed by atoms with van der Waals surface area (Å²) in [4.78, 5) is 20.8. The van der Waals surface area contributed by atoms with Gasteiger partial charge in [0, 0.05) is 42.6 Å². The molecule has 0 aliphatic rings. The number of benzene rings is 2. The van der Waals surface area contributed by atoms with E-state index in [0.717, 1.165) is 12.1 Å². The molecule has 3 N–H and O–H groups in total. The minimum absolute atomic E-state index is 0.185. The smallest absolute Gasteiger partial charge is 0.251 e. The summed E-state index contributed by atoms with van der Waals surface area (Å²) in [6, 6.07) is 12.2. The van der Waals surface area contributed by atoms with Crippen LogP contribution in [0.4, 0.5) is 14.5 Å². The number of anilines is 1. The van der Waals surface area contributed by atoms with E-state index in [9.17, 15) is 13.6 Å². The normalized spacial score (nSPS) is 10.8. The zero-order chi connectivity index (χ0) is 24.6. The minimum atomic E-state index is -0.704. The minimum Gasteiger partial charge on any atom is -0.378 e. The van der Waals surface area contributed by atoms with Crippen LogP contribution in [0, 0.1) is 11.6 Å². The van der Waals surface area contributed by atoms with E-state index in [1.54, 1.807) is 30.5 Å². The number of amides is 1. The molecule has 0 fully saturated rings. The molecule has 9 nitrogen and oxygen atoms in total. The Bertz CT molecular complexity index is 1280. The fourth-order valence-corrected chi connectivity index (χ4v) is 3.46. The molecule has 0 bridgehead atoms. The van der Waals surface area contributed by atoms with E-state index >= 15 is 0 Å². The van der Waals surface area contributed by atoms with Crippen molar-refractivity contribution >= 4 is 11.6 Å². The van der Waals surface area contributed by atoms with E-state index in [0.29, 0.717) is 48.2 Å². The van der Waals surface area contributed by atoms with E-state index in [1.165, 1.54) is 12.4 Å². The molecule has 0 unspecified atom stereocenters. The number of halogens is 2. The largest absolute Gasteiger partial charge is 0.378 e. The zero-order valence-corrected chi connectivity index (χ0v) is 19.0. The monoisotopic (exact) mass is 478 g/mol. The highest BCUT2D eigenvalue weighted by atomic mass is 19.1. The summed E-state index contributed by atoms with van der Waals surface area (Å²) in [5, 5.41) is 17.5. The van der Waals surface area contributed by atoms with Crippen LogP contribution >= 0.6 is 0 Å². The maximum atomic E-state index is 13.8. The number of aromatic nitrogens is 5. The van der Waals surface area contributed by atoms with Crippen molar-refractivity contribution in [3.8, 4) is 11.5 Å². The van der Waals surface area contributed by atoms with Gasteiger partial charge in [0.15, 0.2) is 11.6 Å². The van der Waals surface area contributed by atoms with Crippen LogP contribution in [0.1, 0.15) is 21.7 Å². The lowest BCUT2D eigenvalue weighted by molar-refractivity contribution is 0.0950. The number of hydrogen-bond donors (Lipinski definition) is 3. The second-order valence-corrected chi connectivity index (χ2v) is 7.61. The molecule has 0 aliphatic heterocycles. The first-order valence-corrected chi connectivity index (χ1v) is 10.9. The summed E-state index contributed by atoms with van der Waals surface area (Å²) in [5.41, 5.74) is 1.52. The fraction of sp³-hybridized carbons (Fsp3) is 0.208. The first-order chi connectivity index (χ1) is 17.1. The zero-order valence-electron chi connectivity index (χ0n) is 19.0. The number of nitrogens with zero attached hydrogens (tertiary/aromatic N) is 5. The second kappa shape index (κ2) is 11.3. The Morgan fingerprint density at radius 1 is 1.03 bits per heavy atom. The van der Waals surface area contributed by atoms with Crippen LogP contribution in [0.3, 0.4) is 0 Å². The predicted octanol–water partition coefficient (Wildman–Crippen LogP) is 2.77. The van der Waals surface area contributed by atoms with E-state index in [4.69, 9.17) is 0 Å². The summed E-state index contributed by atoms with van der Waals surface area (Å²) in [7, 11) is 1.86. The molecule has 0 saturated heterocycles. The molecule has 11 heteroatoms. The van der Waals surface area contributed by atoms with E-state index < -0.39 is 17.5 Å². The Balaban J connectivity index is 1.44. The lowest BCUT2D eigenvalue weighted by atomic mass is 10.1. The van der Waals surface area contributed by atoms with Crippen molar-refractivity contribution in [1.82, 2.24) is 35.4 Å². The van der Waals surface area contributed by atoms with Gasteiger partial charge in [-0.15, -0.1) is 10.2 Å². The summed E-state index contributed by atoms with van der Waals surface area (Å²) < 4.78 is 29.6. The van der Waals surface area contributed by atoms with E-state index in [-0.39, 0.29) is 12.1 Å². The van der Waals surface area contributed by atoms with Gasteiger partial charge in [-0.2, -0.15) is 0 Å². The highest BCUT2D eigenvalue weighted by molar-refractivity contribution is 5.95. The quantitative estimate of drug-likeness (QED) is 0.322. The highest BCUT2D eigenvalue weighted by Crippen LogP contribution is 2.17. The van der Waals surface area contributed by atoms with E-state index in [2.05, 4.69) is 36.1 Å². The maximum absolute atomic E-state index is 13.8. The molecule has 0 saturated carbocycles. The Morgan fingerprint density at radius 2 is 1.83 bits per heavy atom. The topological polar surface area (TPSA) is 110 Å². The Morgan fingerprint density at radius 3 is 2.57 bits per heavy atom. The summed E-state index contributed by atoms with van der Waals surface area (Å²) >= 11 is 0. The first kappa shape index (κ1) is 23.9.